The summed E-state index contributed by atoms with van der Waals surface area (Å²) in [6.07, 6.45) is 3.20. The molecule has 5 fully saturated rings. The highest BCUT2D eigenvalue weighted by Gasteiger charge is 2.53. The zero-order valence-corrected chi connectivity index (χ0v) is 25.9. The maximum Gasteiger partial charge on any atom is 0.417 e. The predicted octanol–water partition coefficient (Wildman–Crippen LogP) is 6.07. The Morgan fingerprint density at radius 2 is 1.96 bits per heavy atom. The molecule has 14 heteroatoms. The molecular formula is C33H35F6N7O. The van der Waals surface area contributed by atoms with Crippen molar-refractivity contribution in [2.75, 3.05) is 43.4 Å². The molecule has 0 unspecified atom stereocenters. The Bertz CT molecular complexity index is 1810. The lowest BCUT2D eigenvalue weighted by molar-refractivity contribution is -0.137. The molecule has 1 aliphatic carbocycles. The topological polar surface area (TPSA) is 92.4 Å². The quantitative estimate of drug-likeness (QED) is 0.244. The molecule has 3 atom stereocenters. The zero-order chi connectivity index (χ0) is 32.9. The summed E-state index contributed by atoms with van der Waals surface area (Å²) in [4.78, 5) is 17.5. The number of piperazine rings is 1. The van der Waals surface area contributed by atoms with Crippen LogP contribution in [0.15, 0.2) is 24.2 Å². The van der Waals surface area contributed by atoms with Crippen molar-refractivity contribution >= 4 is 22.4 Å². The number of benzene rings is 1. The number of aromatic nitrogens is 3. The first kappa shape index (κ1) is 30.7. The van der Waals surface area contributed by atoms with Crippen molar-refractivity contribution in [3.63, 3.8) is 0 Å². The monoisotopic (exact) mass is 659 g/mol. The minimum atomic E-state index is -5.01. The molecule has 8 nitrogen and oxygen atoms in total. The molecule has 1 aromatic carbocycles. The molecule has 4 saturated heterocycles. The Morgan fingerprint density at radius 3 is 2.70 bits per heavy atom. The van der Waals surface area contributed by atoms with Crippen molar-refractivity contribution in [1.82, 2.24) is 25.2 Å². The SMILES string of the molecule is Cc1cc(N)c(F)c(-c2ncc3c(N4C[C@@H]5CC[C@](C6CC6)(C4)N5)nc(OC[C@@]45CCCN4C/C(=C\F)C5)nc3c2F)c1C(F)(F)F. The fourth-order valence-corrected chi connectivity index (χ4v) is 8.72. The van der Waals surface area contributed by atoms with Gasteiger partial charge < -0.3 is 20.7 Å². The third kappa shape index (κ3) is 4.92. The maximum atomic E-state index is 16.7. The Balaban J connectivity index is 1.26. The van der Waals surface area contributed by atoms with E-state index in [0.29, 0.717) is 49.7 Å². The second-order valence-corrected chi connectivity index (χ2v) is 14.0. The number of anilines is 2. The van der Waals surface area contributed by atoms with E-state index in [1.54, 1.807) is 0 Å². The molecule has 8 rings (SSSR count). The van der Waals surface area contributed by atoms with Gasteiger partial charge in [-0.25, -0.2) is 13.2 Å². The second-order valence-electron chi connectivity index (χ2n) is 14.0. The minimum absolute atomic E-state index is 0.112. The summed E-state index contributed by atoms with van der Waals surface area (Å²) in [5.74, 6) is -1.77. The number of nitrogens with zero attached hydrogens (tertiary/aromatic N) is 5. The lowest BCUT2D eigenvalue weighted by Crippen LogP contribution is -2.61. The van der Waals surface area contributed by atoms with E-state index in [2.05, 4.69) is 25.1 Å². The number of pyridine rings is 1. The smallest absolute Gasteiger partial charge is 0.417 e. The molecular weight excluding hydrogens is 624 g/mol. The molecule has 0 radical (unpaired) electrons. The molecule has 3 N–H and O–H groups in total. The van der Waals surface area contributed by atoms with Gasteiger partial charge in [0.2, 0.25) is 0 Å². The average molecular weight is 660 g/mol. The fraction of sp³-hybridized carbons (Fsp3) is 0.545. The van der Waals surface area contributed by atoms with Gasteiger partial charge in [-0.3, -0.25) is 9.88 Å². The van der Waals surface area contributed by atoms with Crippen LogP contribution in [0.4, 0.5) is 37.8 Å². The molecule has 0 spiro atoms. The largest absolute Gasteiger partial charge is 0.461 e. The molecule has 1 saturated carbocycles. The molecule has 6 heterocycles. The van der Waals surface area contributed by atoms with Crippen LogP contribution < -0.4 is 20.7 Å². The molecule has 2 bridgehead atoms. The molecule has 4 aliphatic heterocycles. The van der Waals surface area contributed by atoms with E-state index >= 15 is 8.78 Å². The van der Waals surface area contributed by atoms with E-state index < -0.39 is 45.9 Å². The number of aryl methyl sites for hydroxylation is 1. The van der Waals surface area contributed by atoms with Crippen LogP contribution in [0.25, 0.3) is 22.2 Å². The number of fused-ring (bicyclic) bond motifs is 4. The number of hydrogen-bond donors (Lipinski definition) is 2. The summed E-state index contributed by atoms with van der Waals surface area (Å²) in [5, 5.41) is 3.98. The standard InChI is InChI=1S/C33H35F6N7O/c1-17-9-22(40)25(35)23(24(17)33(37,38)39)28-26(36)27-21(12-41-28)29(45-14-20-5-7-32(15-45,44-20)19-3-4-19)43-30(42-27)47-16-31-6-2-8-46(31)13-18(10-31)11-34/h9,11-12,19-20,44H,2-8,10,13-16,40H2,1H3/b18-11-/t20-,31-,32+/m0/s1. The second kappa shape index (κ2) is 10.7. The van der Waals surface area contributed by atoms with Crippen LogP contribution >= 0.6 is 0 Å². The molecule has 2 aromatic heterocycles. The van der Waals surface area contributed by atoms with Gasteiger partial charge in [0.1, 0.15) is 23.6 Å². The van der Waals surface area contributed by atoms with E-state index in [1.807, 2.05) is 0 Å². The molecule has 250 valence electrons. The highest BCUT2D eigenvalue weighted by molar-refractivity contribution is 5.92. The van der Waals surface area contributed by atoms with Gasteiger partial charge >= 0.3 is 12.2 Å². The summed E-state index contributed by atoms with van der Waals surface area (Å²) in [5.41, 5.74) is 1.30. The van der Waals surface area contributed by atoms with Gasteiger partial charge in [-0.05, 0) is 81.5 Å². The van der Waals surface area contributed by atoms with Crippen LogP contribution in [0.3, 0.4) is 0 Å². The van der Waals surface area contributed by atoms with Crippen molar-refractivity contribution in [3.8, 4) is 17.3 Å². The fourth-order valence-electron chi connectivity index (χ4n) is 8.72. The first-order valence-corrected chi connectivity index (χ1v) is 16.1. The minimum Gasteiger partial charge on any atom is -0.461 e. The van der Waals surface area contributed by atoms with Crippen molar-refractivity contribution < 1.29 is 31.1 Å². The van der Waals surface area contributed by atoms with Crippen molar-refractivity contribution in [1.29, 1.82) is 0 Å². The van der Waals surface area contributed by atoms with Crippen molar-refractivity contribution in [2.24, 2.45) is 5.92 Å². The Kier molecular flexibility index (Phi) is 6.97. The van der Waals surface area contributed by atoms with Crippen LogP contribution in [-0.4, -0.2) is 69.8 Å². The number of halogens is 6. The Hall–Kier alpha value is -3.65. The Labute approximate surface area is 267 Å². The van der Waals surface area contributed by atoms with Crippen molar-refractivity contribution in [3.05, 3.63) is 46.9 Å². The number of nitrogen functional groups attached to an aromatic ring is 1. The van der Waals surface area contributed by atoms with Gasteiger partial charge in [-0.2, -0.15) is 23.1 Å². The summed E-state index contributed by atoms with van der Waals surface area (Å²) in [6, 6.07) is 0.901. The van der Waals surface area contributed by atoms with Gasteiger partial charge in [-0.1, -0.05) is 0 Å². The van der Waals surface area contributed by atoms with Gasteiger partial charge in [0, 0.05) is 37.4 Å². The summed E-state index contributed by atoms with van der Waals surface area (Å²) >= 11 is 0. The van der Waals surface area contributed by atoms with Crippen LogP contribution in [0.2, 0.25) is 0 Å². The Morgan fingerprint density at radius 1 is 1.15 bits per heavy atom. The predicted molar refractivity (Wildman–Crippen MR) is 164 cm³/mol. The van der Waals surface area contributed by atoms with E-state index in [4.69, 9.17) is 15.5 Å². The summed E-state index contributed by atoms with van der Waals surface area (Å²) < 4.78 is 94.6. The van der Waals surface area contributed by atoms with Crippen LogP contribution in [0, 0.1) is 24.5 Å². The highest BCUT2D eigenvalue weighted by atomic mass is 19.4. The van der Waals surface area contributed by atoms with Gasteiger partial charge in [-0.15, -0.1) is 0 Å². The number of nitrogens with one attached hydrogen (secondary N) is 1. The van der Waals surface area contributed by atoms with Crippen LogP contribution in [0.1, 0.15) is 56.1 Å². The van der Waals surface area contributed by atoms with Crippen LogP contribution in [0.5, 0.6) is 6.01 Å². The third-order valence-corrected chi connectivity index (χ3v) is 11.0. The van der Waals surface area contributed by atoms with Gasteiger partial charge in [0.05, 0.1) is 34.1 Å². The first-order chi connectivity index (χ1) is 22.4. The van der Waals surface area contributed by atoms with E-state index in [0.717, 1.165) is 58.1 Å². The number of rotatable bonds is 6. The van der Waals surface area contributed by atoms with Crippen LogP contribution in [-0.2, 0) is 6.18 Å². The summed E-state index contributed by atoms with van der Waals surface area (Å²) in [6.45, 7) is 3.71. The van der Waals surface area contributed by atoms with E-state index in [-0.39, 0.29) is 40.7 Å². The third-order valence-electron chi connectivity index (χ3n) is 11.0. The average Bonchev–Trinajstić information content (AvgIpc) is 3.64. The zero-order valence-electron chi connectivity index (χ0n) is 25.9. The molecule has 47 heavy (non-hydrogen) atoms. The molecule has 0 amide bonds. The maximum absolute atomic E-state index is 16.7. The lowest BCUT2D eigenvalue weighted by Gasteiger charge is -2.42. The normalized spacial score (nSPS) is 28.5. The first-order valence-electron chi connectivity index (χ1n) is 16.1. The lowest BCUT2D eigenvalue weighted by atomic mass is 9.90. The van der Waals surface area contributed by atoms with E-state index in [9.17, 15) is 17.6 Å². The van der Waals surface area contributed by atoms with Gasteiger partial charge in [0.25, 0.3) is 0 Å². The number of ether oxygens (including phenoxy) is 1. The summed E-state index contributed by atoms with van der Waals surface area (Å²) in [7, 11) is 0. The van der Waals surface area contributed by atoms with E-state index in [1.165, 1.54) is 6.20 Å². The molecule has 5 aliphatic rings. The number of nitrogens with two attached hydrogens (primary N) is 1. The highest BCUT2D eigenvalue weighted by Crippen LogP contribution is 2.49. The van der Waals surface area contributed by atoms with Crippen molar-refractivity contribution in [2.45, 2.75) is 75.2 Å². The number of alkyl halides is 3. The van der Waals surface area contributed by atoms with Gasteiger partial charge in [0.15, 0.2) is 11.6 Å². The molecule has 3 aromatic rings. The number of hydrogen-bond acceptors (Lipinski definition) is 8.